The number of amides is 2. The second kappa shape index (κ2) is 10.8. The molecule has 2 amide bonds. The molecule has 0 radical (unpaired) electrons. The molecule has 1 aliphatic heterocycles. The van der Waals surface area contributed by atoms with E-state index >= 15 is 0 Å². The van der Waals surface area contributed by atoms with Gasteiger partial charge in [0.2, 0.25) is 0 Å². The van der Waals surface area contributed by atoms with Crippen LogP contribution in [-0.4, -0.2) is 25.7 Å². The van der Waals surface area contributed by atoms with E-state index in [0.717, 1.165) is 5.56 Å². The average molecular weight is 473 g/mol. The molecule has 0 aromatic heterocycles. The molecule has 0 saturated carbocycles. The summed E-state index contributed by atoms with van der Waals surface area (Å²) in [6.45, 7) is 4.32. The van der Waals surface area contributed by atoms with Crippen LogP contribution in [0.2, 0.25) is 0 Å². The Morgan fingerprint density at radius 1 is 0.971 bits per heavy atom. The lowest BCUT2D eigenvalue weighted by Gasteiger charge is -2.30. The van der Waals surface area contributed by atoms with Gasteiger partial charge in [-0.3, -0.25) is 0 Å². The van der Waals surface area contributed by atoms with Crippen molar-refractivity contribution in [2.24, 2.45) is 0 Å². The van der Waals surface area contributed by atoms with Crippen LogP contribution in [0.15, 0.2) is 78.4 Å². The minimum atomic E-state index is -0.769. The number of hydrogen-bond donors (Lipinski definition) is 2. The van der Waals surface area contributed by atoms with Gasteiger partial charge in [-0.25, -0.2) is 9.59 Å². The van der Waals surface area contributed by atoms with E-state index in [1.807, 2.05) is 55.5 Å². The highest BCUT2D eigenvalue weighted by atomic mass is 16.5. The van der Waals surface area contributed by atoms with E-state index in [0.29, 0.717) is 40.5 Å². The van der Waals surface area contributed by atoms with Crippen LogP contribution in [0.4, 0.5) is 4.79 Å². The van der Waals surface area contributed by atoms with Crippen LogP contribution in [0.3, 0.4) is 0 Å². The van der Waals surface area contributed by atoms with Crippen LogP contribution >= 0.6 is 0 Å². The first-order chi connectivity index (χ1) is 17.0. The number of carbonyl (C=O) groups excluding carboxylic acids is 2. The van der Waals surface area contributed by atoms with Gasteiger partial charge in [0, 0.05) is 5.56 Å². The van der Waals surface area contributed by atoms with Crippen molar-refractivity contribution in [3.63, 3.8) is 0 Å². The Bertz CT molecular complexity index is 1230. The molecule has 1 atom stereocenters. The zero-order valence-corrected chi connectivity index (χ0v) is 20.0. The van der Waals surface area contributed by atoms with Gasteiger partial charge in [0.1, 0.15) is 18.1 Å². The van der Waals surface area contributed by atoms with Gasteiger partial charge in [0.15, 0.2) is 0 Å². The second-order valence-corrected chi connectivity index (χ2v) is 8.08. The summed E-state index contributed by atoms with van der Waals surface area (Å²) in [4.78, 5) is 25.9. The Morgan fingerprint density at radius 2 is 1.69 bits per heavy atom. The molecular formula is C28H28N2O5. The summed E-state index contributed by atoms with van der Waals surface area (Å²) in [5, 5.41) is 5.67. The Hall–Kier alpha value is -4.26. The van der Waals surface area contributed by atoms with E-state index in [1.165, 1.54) is 5.56 Å². The molecule has 2 N–H and O–H groups in total. The lowest BCUT2D eigenvalue weighted by molar-refractivity contribution is -0.138. The van der Waals surface area contributed by atoms with E-state index in [4.69, 9.17) is 14.2 Å². The molecule has 3 aromatic rings. The fourth-order valence-electron chi connectivity index (χ4n) is 3.91. The SMILES string of the molecule is CCOC(=O)C1=C(c2ccc(OC)cc2)NC(=O)NC1c1ccccc1OCc1ccc(C)cc1. The van der Waals surface area contributed by atoms with E-state index in [2.05, 4.69) is 10.6 Å². The Balaban J connectivity index is 1.75. The highest BCUT2D eigenvalue weighted by molar-refractivity contribution is 6.04. The van der Waals surface area contributed by atoms with Crippen LogP contribution in [0.5, 0.6) is 11.5 Å². The summed E-state index contributed by atoms with van der Waals surface area (Å²) in [6.07, 6.45) is 0. The van der Waals surface area contributed by atoms with Gasteiger partial charge in [0.25, 0.3) is 0 Å². The molecule has 0 saturated heterocycles. The van der Waals surface area contributed by atoms with Crippen LogP contribution < -0.4 is 20.1 Å². The predicted molar refractivity (Wildman–Crippen MR) is 133 cm³/mol. The van der Waals surface area contributed by atoms with Crippen molar-refractivity contribution in [3.05, 3.63) is 101 Å². The number of aryl methyl sites for hydroxylation is 1. The molecular weight excluding hydrogens is 444 g/mol. The van der Waals surface area contributed by atoms with Gasteiger partial charge >= 0.3 is 12.0 Å². The summed E-state index contributed by atoms with van der Waals surface area (Å²) in [6, 6.07) is 21.4. The first kappa shape index (κ1) is 23.9. The van der Waals surface area contributed by atoms with Crippen LogP contribution in [0, 0.1) is 6.92 Å². The van der Waals surface area contributed by atoms with E-state index in [-0.39, 0.29) is 6.61 Å². The Kier molecular flexibility index (Phi) is 7.35. The van der Waals surface area contributed by atoms with Gasteiger partial charge in [-0.1, -0.05) is 48.0 Å². The molecule has 1 heterocycles. The fraction of sp³-hybridized carbons (Fsp3) is 0.214. The number of rotatable bonds is 8. The van der Waals surface area contributed by atoms with Crippen molar-refractivity contribution in [1.82, 2.24) is 10.6 Å². The first-order valence-corrected chi connectivity index (χ1v) is 11.4. The fourth-order valence-corrected chi connectivity index (χ4v) is 3.91. The third kappa shape index (κ3) is 5.46. The molecule has 0 bridgehead atoms. The van der Waals surface area contributed by atoms with E-state index in [1.54, 1.807) is 38.3 Å². The molecule has 4 rings (SSSR count). The number of esters is 1. The molecule has 0 aliphatic carbocycles. The monoisotopic (exact) mass is 472 g/mol. The molecule has 180 valence electrons. The third-order valence-corrected chi connectivity index (χ3v) is 5.69. The van der Waals surface area contributed by atoms with Crippen molar-refractivity contribution in [2.45, 2.75) is 26.5 Å². The summed E-state index contributed by atoms with van der Waals surface area (Å²) in [7, 11) is 1.58. The molecule has 0 fully saturated rings. The van der Waals surface area contributed by atoms with E-state index < -0.39 is 18.0 Å². The number of hydrogen-bond acceptors (Lipinski definition) is 5. The summed E-state index contributed by atoms with van der Waals surface area (Å²) < 4.78 is 16.8. The predicted octanol–water partition coefficient (Wildman–Crippen LogP) is 4.91. The van der Waals surface area contributed by atoms with Crippen LogP contribution in [0.1, 0.15) is 35.2 Å². The summed E-state index contributed by atoms with van der Waals surface area (Å²) in [5.41, 5.74) is 4.17. The van der Waals surface area contributed by atoms with Gasteiger partial charge < -0.3 is 24.8 Å². The molecule has 35 heavy (non-hydrogen) atoms. The number of urea groups is 1. The minimum Gasteiger partial charge on any atom is -0.497 e. The molecule has 7 heteroatoms. The number of benzene rings is 3. The maximum Gasteiger partial charge on any atom is 0.338 e. The van der Waals surface area contributed by atoms with Crippen LogP contribution in [0.25, 0.3) is 5.70 Å². The average Bonchev–Trinajstić information content (AvgIpc) is 2.88. The standard InChI is InChI=1S/C28H28N2O5/c1-4-34-27(31)24-25(20-13-15-21(33-3)16-14-20)29-28(32)30-26(24)22-7-5-6-8-23(22)35-17-19-11-9-18(2)10-12-19/h5-16,26H,4,17H2,1-3H3,(H2,29,30,32). The topological polar surface area (TPSA) is 85.9 Å². The van der Waals surface area contributed by atoms with Crippen molar-refractivity contribution in [3.8, 4) is 11.5 Å². The number of ether oxygens (including phenoxy) is 3. The zero-order chi connectivity index (χ0) is 24.8. The molecule has 0 spiro atoms. The van der Waals surface area contributed by atoms with Crippen molar-refractivity contribution in [1.29, 1.82) is 0 Å². The van der Waals surface area contributed by atoms with Gasteiger partial charge in [-0.05, 0) is 55.3 Å². The number of para-hydroxylation sites is 1. The number of methoxy groups -OCH3 is 1. The first-order valence-electron chi connectivity index (χ1n) is 11.4. The highest BCUT2D eigenvalue weighted by Crippen LogP contribution is 2.36. The smallest absolute Gasteiger partial charge is 0.338 e. The lowest BCUT2D eigenvalue weighted by Crippen LogP contribution is -2.45. The normalized spacial score (nSPS) is 15.2. The van der Waals surface area contributed by atoms with Gasteiger partial charge in [-0.2, -0.15) is 0 Å². The minimum absolute atomic E-state index is 0.199. The largest absolute Gasteiger partial charge is 0.497 e. The van der Waals surface area contributed by atoms with Crippen molar-refractivity contribution in [2.75, 3.05) is 13.7 Å². The molecule has 1 aliphatic rings. The van der Waals surface area contributed by atoms with Crippen molar-refractivity contribution < 1.29 is 23.8 Å². The summed E-state index contributed by atoms with van der Waals surface area (Å²) in [5.74, 6) is 0.707. The highest BCUT2D eigenvalue weighted by Gasteiger charge is 2.35. The van der Waals surface area contributed by atoms with E-state index in [9.17, 15) is 9.59 Å². The maximum atomic E-state index is 13.2. The van der Waals surface area contributed by atoms with Gasteiger partial charge in [0.05, 0.1) is 31.0 Å². The Labute approximate surface area is 204 Å². The maximum absolute atomic E-state index is 13.2. The zero-order valence-electron chi connectivity index (χ0n) is 20.0. The number of nitrogens with one attached hydrogen (secondary N) is 2. The van der Waals surface area contributed by atoms with Crippen molar-refractivity contribution >= 4 is 17.7 Å². The Morgan fingerprint density at radius 3 is 2.37 bits per heavy atom. The third-order valence-electron chi connectivity index (χ3n) is 5.69. The molecule has 3 aromatic carbocycles. The number of carbonyl (C=O) groups is 2. The summed E-state index contributed by atoms with van der Waals surface area (Å²) >= 11 is 0. The molecule has 7 nitrogen and oxygen atoms in total. The lowest BCUT2D eigenvalue weighted by atomic mass is 9.92. The van der Waals surface area contributed by atoms with Crippen LogP contribution in [-0.2, 0) is 16.1 Å². The molecule has 1 unspecified atom stereocenters. The quantitative estimate of drug-likeness (QED) is 0.455. The van der Waals surface area contributed by atoms with Gasteiger partial charge in [-0.15, -0.1) is 0 Å². The second-order valence-electron chi connectivity index (χ2n) is 8.08.